The third-order valence-electron chi connectivity index (χ3n) is 4.05. The van der Waals surface area contributed by atoms with Gasteiger partial charge in [0.15, 0.2) is 5.96 Å². The molecule has 0 radical (unpaired) electrons. The van der Waals surface area contributed by atoms with Crippen molar-refractivity contribution in [3.05, 3.63) is 52.2 Å². The number of thiophene rings is 1. The highest BCUT2D eigenvalue weighted by Gasteiger charge is 2.21. The minimum absolute atomic E-state index is 0. The molecular weight excluding hydrogens is 447 g/mol. The van der Waals surface area contributed by atoms with E-state index in [4.69, 9.17) is 5.73 Å². The van der Waals surface area contributed by atoms with Crippen LogP contribution < -0.4 is 16.0 Å². The molecule has 1 aromatic heterocycles. The Hall–Kier alpha value is -1.61. The molecule has 25 heavy (non-hydrogen) atoms. The quantitative estimate of drug-likeness (QED) is 0.401. The molecule has 1 amide bonds. The number of hydrogen-bond donors (Lipinski definition) is 2. The predicted octanol–water partition coefficient (Wildman–Crippen LogP) is 2.79. The Labute approximate surface area is 169 Å². The van der Waals surface area contributed by atoms with Gasteiger partial charge in [-0.25, -0.2) is 4.99 Å². The Bertz CT molecular complexity index is 718. The van der Waals surface area contributed by atoms with Crippen molar-refractivity contribution >= 4 is 52.9 Å². The van der Waals surface area contributed by atoms with Crippen molar-refractivity contribution in [3.63, 3.8) is 0 Å². The molecule has 1 aliphatic heterocycles. The fraction of sp³-hybridized carbons (Fsp3) is 0.333. The number of amides is 1. The Balaban J connectivity index is 0.00000225. The number of guanidine groups is 1. The Kier molecular flexibility index (Phi) is 7.70. The summed E-state index contributed by atoms with van der Waals surface area (Å²) < 4.78 is 0. The fourth-order valence-electron chi connectivity index (χ4n) is 2.86. The van der Waals surface area contributed by atoms with Crippen LogP contribution in [-0.4, -0.2) is 31.5 Å². The maximum Gasteiger partial charge on any atom is 0.248 e. The van der Waals surface area contributed by atoms with Gasteiger partial charge < -0.3 is 16.0 Å². The third kappa shape index (κ3) is 5.43. The average molecular weight is 470 g/mol. The number of halogens is 1. The van der Waals surface area contributed by atoms with Crippen molar-refractivity contribution in [2.24, 2.45) is 10.7 Å². The number of aryl methyl sites for hydroxylation is 1. The van der Waals surface area contributed by atoms with Crippen molar-refractivity contribution in [2.75, 3.05) is 24.5 Å². The van der Waals surface area contributed by atoms with E-state index >= 15 is 0 Å². The van der Waals surface area contributed by atoms with Gasteiger partial charge in [0.05, 0.1) is 0 Å². The van der Waals surface area contributed by atoms with Gasteiger partial charge in [-0.15, -0.1) is 35.3 Å². The summed E-state index contributed by atoms with van der Waals surface area (Å²) in [5.41, 5.74) is 8.09. The molecule has 0 bridgehead atoms. The fourth-order valence-corrected chi connectivity index (χ4v) is 3.56. The SMILES string of the molecule is I.NC(=NCC(=O)N1CCCc2ccccc21)NCCc1cccs1. The Morgan fingerprint density at radius 2 is 2.12 bits per heavy atom. The number of aliphatic imine (C=N–C) groups is 1. The lowest BCUT2D eigenvalue weighted by atomic mass is 10.0. The molecule has 0 spiro atoms. The first-order valence-electron chi connectivity index (χ1n) is 8.18. The van der Waals surface area contributed by atoms with Crippen LogP contribution in [0, 0.1) is 0 Å². The topological polar surface area (TPSA) is 70.7 Å². The zero-order chi connectivity index (χ0) is 16.8. The molecule has 7 heteroatoms. The molecule has 2 aromatic rings. The van der Waals surface area contributed by atoms with Gasteiger partial charge in [0.2, 0.25) is 5.91 Å². The Morgan fingerprint density at radius 3 is 2.92 bits per heavy atom. The normalized spacial score (nSPS) is 13.8. The molecule has 0 saturated heterocycles. The van der Waals surface area contributed by atoms with Gasteiger partial charge in [-0.2, -0.15) is 0 Å². The van der Waals surface area contributed by atoms with Crippen LogP contribution in [-0.2, 0) is 17.6 Å². The number of anilines is 1. The predicted molar refractivity (Wildman–Crippen MR) is 115 cm³/mol. The van der Waals surface area contributed by atoms with E-state index in [-0.39, 0.29) is 36.4 Å². The number of nitrogens with one attached hydrogen (secondary N) is 1. The molecule has 0 saturated carbocycles. The van der Waals surface area contributed by atoms with Gasteiger partial charge in [-0.05, 0) is 42.3 Å². The molecule has 134 valence electrons. The number of rotatable bonds is 5. The van der Waals surface area contributed by atoms with E-state index in [0.29, 0.717) is 5.96 Å². The second kappa shape index (κ2) is 9.76. The number of carbonyl (C=O) groups excluding carboxylic acids is 1. The first-order valence-corrected chi connectivity index (χ1v) is 9.06. The summed E-state index contributed by atoms with van der Waals surface area (Å²) >= 11 is 1.72. The van der Waals surface area contributed by atoms with E-state index in [1.165, 1.54) is 10.4 Å². The summed E-state index contributed by atoms with van der Waals surface area (Å²) in [5.74, 6) is 0.315. The molecule has 0 aliphatic carbocycles. The lowest BCUT2D eigenvalue weighted by Gasteiger charge is -2.29. The molecule has 2 heterocycles. The van der Waals surface area contributed by atoms with Crippen molar-refractivity contribution in [1.82, 2.24) is 5.32 Å². The van der Waals surface area contributed by atoms with E-state index in [1.807, 2.05) is 29.2 Å². The maximum atomic E-state index is 12.5. The second-order valence-corrected chi connectivity index (χ2v) is 6.77. The minimum atomic E-state index is -0.00911. The van der Waals surface area contributed by atoms with Crippen LogP contribution in [0.25, 0.3) is 0 Å². The zero-order valence-electron chi connectivity index (χ0n) is 14.0. The summed E-state index contributed by atoms with van der Waals surface area (Å²) in [6.45, 7) is 1.54. The molecule has 0 atom stereocenters. The van der Waals surface area contributed by atoms with E-state index in [1.54, 1.807) is 11.3 Å². The van der Waals surface area contributed by atoms with Crippen LogP contribution in [0.2, 0.25) is 0 Å². The summed E-state index contributed by atoms with van der Waals surface area (Å²) in [6, 6.07) is 12.2. The van der Waals surface area contributed by atoms with Crippen LogP contribution in [0.4, 0.5) is 5.69 Å². The molecule has 0 fully saturated rings. The summed E-state index contributed by atoms with van der Waals surface area (Å²) in [4.78, 5) is 19.8. The van der Waals surface area contributed by atoms with E-state index in [0.717, 1.165) is 38.0 Å². The number of hydrogen-bond acceptors (Lipinski definition) is 3. The van der Waals surface area contributed by atoms with Crippen molar-refractivity contribution in [2.45, 2.75) is 19.3 Å². The number of para-hydroxylation sites is 1. The maximum absolute atomic E-state index is 12.5. The molecule has 1 aliphatic rings. The number of carbonyl (C=O) groups is 1. The molecule has 0 unspecified atom stereocenters. The molecule has 3 rings (SSSR count). The third-order valence-corrected chi connectivity index (χ3v) is 4.99. The monoisotopic (exact) mass is 470 g/mol. The van der Waals surface area contributed by atoms with Crippen molar-refractivity contribution in [3.8, 4) is 0 Å². The van der Waals surface area contributed by atoms with Crippen LogP contribution in [0.5, 0.6) is 0 Å². The Morgan fingerprint density at radius 1 is 1.28 bits per heavy atom. The van der Waals surface area contributed by atoms with E-state index in [2.05, 4.69) is 27.8 Å². The first-order chi connectivity index (χ1) is 11.7. The van der Waals surface area contributed by atoms with Crippen molar-refractivity contribution < 1.29 is 4.79 Å². The van der Waals surface area contributed by atoms with Gasteiger partial charge in [-0.3, -0.25) is 4.79 Å². The number of nitrogens with zero attached hydrogens (tertiary/aromatic N) is 2. The minimum Gasteiger partial charge on any atom is -0.370 e. The van der Waals surface area contributed by atoms with Gasteiger partial charge >= 0.3 is 0 Å². The van der Waals surface area contributed by atoms with E-state index < -0.39 is 0 Å². The number of fused-ring (bicyclic) bond motifs is 1. The van der Waals surface area contributed by atoms with Gasteiger partial charge in [0.25, 0.3) is 0 Å². The molecule has 1 aromatic carbocycles. The number of nitrogens with two attached hydrogens (primary N) is 1. The summed E-state index contributed by atoms with van der Waals surface area (Å²) in [5, 5.41) is 5.12. The van der Waals surface area contributed by atoms with E-state index in [9.17, 15) is 4.79 Å². The largest absolute Gasteiger partial charge is 0.370 e. The first kappa shape index (κ1) is 19.7. The lowest BCUT2D eigenvalue weighted by Crippen LogP contribution is -2.39. The highest BCUT2D eigenvalue weighted by atomic mass is 127. The summed E-state index contributed by atoms with van der Waals surface area (Å²) in [7, 11) is 0. The van der Waals surface area contributed by atoms with Crippen molar-refractivity contribution in [1.29, 1.82) is 0 Å². The van der Waals surface area contributed by atoms with Gasteiger partial charge in [0.1, 0.15) is 6.54 Å². The van der Waals surface area contributed by atoms with Gasteiger partial charge in [0, 0.05) is 23.7 Å². The van der Waals surface area contributed by atoms with Gasteiger partial charge in [-0.1, -0.05) is 24.3 Å². The zero-order valence-corrected chi connectivity index (χ0v) is 17.1. The summed E-state index contributed by atoms with van der Waals surface area (Å²) in [6.07, 6.45) is 2.91. The standard InChI is InChI=1S/C18H22N4OS.HI/c19-18(20-10-9-15-7-4-12-24-15)21-13-17(23)22-11-3-6-14-5-1-2-8-16(14)22;/h1-2,4-5,7-8,12H,3,6,9-11,13H2,(H3,19,20,21);1H. The van der Waals surface area contributed by atoms with Crippen LogP contribution >= 0.6 is 35.3 Å². The van der Waals surface area contributed by atoms with Crippen LogP contribution in [0.3, 0.4) is 0 Å². The highest BCUT2D eigenvalue weighted by molar-refractivity contribution is 14.0. The highest BCUT2D eigenvalue weighted by Crippen LogP contribution is 2.26. The molecular formula is C18H23IN4OS. The molecule has 3 N–H and O–H groups in total. The smallest absolute Gasteiger partial charge is 0.248 e. The molecule has 5 nitrogen and oxygen atoms in total. The van der Waals surface area contributed by atoms with Crippen LogP contribution in [0.1, 0.15) is 16.9 Å². The van der Waals surface area contributed by atoms with Crippen LogP contribution in [0.15, 0.2) is 46.8 Å². The average Bonchev–Trinajstić information content (AvgIpc) is 3.12. The second-order valence-electron chi connectivity index (χ2n) is 5.74. The number of benzene rings is 1. The lowest BCUT2D eigenvalue weighted by molar-refractivity contribution is -0.117.